The van der Waals surface area contributed by atoms with Crippen molar-refractivity contribution >= 4 is 6.03 Å². The molecule has 28 heavy (non-hydrogen) atoms. The summed E-state index contributed by atoms with van der Waals surface area (Å²) >= 11 is 0. The fraction of sp³-hybridized carbons (Fsp3) is 0.286. The number of aromatic nitrogens is 2. The van der Waals surface area contributed by atoms with E-state index in [1.807, 2.05) is 67.7 Å². The summed E-state index contributed by atoms with van der Waals surface area (Å²) in [6.07, 6.45) is 0.728. The van der Waals surface area contributed by atoms with Gasteiger partial charge in [-0.2, -0.15) is 4.98 Å². The number of benzene rings is 2. The summed E-state index contributed by atoms with van der Waals surface area (Å²) in [4.78, 5) is 18.9. The van der Waals surface area contributed by atoms with Crippen molar-refractivity contribution in [2.75, 3.05) is 13.6 Å². The highest BCUT2D eigenvalue weighted by molar-refractivity contribution is 5.74. The lowest BCUT2D eigenvalue weighted by atomic mass is 10.1. The molecule has 2 amide bonds. The fourth-order valence-corrected chi connectivity index (χ4v) is 3.48. The first kappa shape index (κ1) is 18.2. The Morgan fingerprint density at radius 2 is 1.86 bits per heavy atom. The summed E-state index contributed by atoms with van der Waals surface area (Å²) in [6.45, 7) is 1.23. The number of likely N-dealkylation sites (N-methyl/N-ethyl adjacent to an activating group) is 1. The predicted octanol–water partition coefficient (Wildman–Crippen LogP) is 2.98. The monoisotopic (exact) mass is 377 g/mol. The molecular weight excluding hydrogens is 354 g/mol. The van der Waals surface area contributed by atoms with Gasteiger partial charge in [-0.25, -0.2) is 4.79 Å². The van der Waals surface area contributed by atoms with E-state index in [0.29, 0.717) is 18.3 Å². The third-order valence-electron chi connectivity index (χ3n) is 4.94. The van der Waals surface area contributed by atoms with Crippen LogP contribution < -0.4 is 10.6 Å². The van der Waals surface area contributed by atoms with Crippen LogP contribution in [0.25, 0.3) is 11.4 Å². The number of nitrogens with zero attached hydrogens (tertiary/aromatic N) is 3. The van der Waals surface area contributed by atoms with Crippen molar-refractivity contribution in [1.29, 1.82) is 0 Å². The van der Waals surface area contributed by atoms with Gasteiger partial charge in [0.15, 0.2) is 0 Å². The van der Waals surface area contributed by atoms with E-state index in [1.54, 1.807) is 0 Å². The van der Waals surface area contributed by atoms with Crippen molar-refractivity contribution < 1.29 is 9.32 Å². The quantitative estimate of drug-likeness (QED) is 0.714. The number of amides is 2. The Labute approximate surface area is 163 Å². The molecule has 7 nitrogen and oxygen atoms in total. The molecule has 0 radical (unpaired) electrons. The van der Waals surface area contributed by atoms with Gasteiger partial charge >= 0.3 is 6.03 Å². The molecule has 2 N–H and O–H groups in total. The van der Waals surface area contributed by atoms with Crippen molar-refractivity contribution in [3.8, 4) is 11.4 Å². The Hall–Kier alpha value is -3.19. The summed E-state index contributed by atoms with van der Waals surface area (Å²) in [5.41, 5.74) is 1.99. The lowest BCUT2D eigenvalue weighted by Gasteiger charge is -2.14. The van der Waals surface area contributed by atoms with Crippen LogP contribution in [0.3, 0.4) is 0 Å². The summed E-state index contributed by atoms with van der Waals surface area (Å²) in [5.74, 6) is 1.16. The third kappa shape index (κ3) is 4.20. The molecule has 0 saturated carbocycles. The van der Waals surface area contributed by atoms with Gasteiger partial charge in [0.2, 0.25) is 11.7 Å². The minimum Gasteiger partial charge on any atom is -0.337 e. The van der Waals surface area contributed by atoms with E-state index >= 15 is 0 Å². The maximum absolute atomic E-state index is 12.2. The Bertz CT molecular complexity index is 913. The number of carbonyl (C=O) groups excluding carboxylic acids is 1. The molecule has 0 unspecified atom stereocenters. The van der Waals surface area contributed by atoms with Gasteiger partial charge < -0.3 is 15.2 Å². The van der Waals surface area contributed by atoms with Gasteiger partial charge in [0.25, 0.3) is 0 Å². The summed E-state index contributed by atoms with van der Waals surface area (Å²) < 4.78 is 5.50. The minimum absolute atomic E-state index is 0.00983. The van der Waals surface area contributed by atoms with Crippen LogP contribution >= 0.6 is 0 Å². The second-order valence-corrected chi connectivity index (χ2v) is 7.02. The molecule has 1 aliphatic heterocycles. The summed E-state index contributed by atoms with van der Waals surface area (Å²) in [6, 6.07) is 19.4. The molecule has 1 fully saturated rings. The van der Waals surface area contributed by atoms with Gasteiger partial charge in [0, 0.05) is 24.7 Å². The highest BCUT2D eigenvalue weighted by atomic mass is 16.5. The molecule has 0 bridgehead atoms. The Kier molecular flexibility index (Phi) is 5.34. The maximum atomic E-state index is 12.2. The standard InChI is InChI=1S/C21H23N5O2/c1-26-14-17(23-21(27)22-13-15-8-4-2-5-9-15)12-18(26)20-24-19(25-28-20)16-10-6-3-7-11-16/h2-11,17-18H,12-14H2,1H3,(H2,22,23,27)/t17-,18-/m0/s1. The van der Waals surface area contributed by atoms with Crippen LogP contribution in [0.5, 0.6) is 0 Å². The molecule has 3 aromatic rings. The van der Waals surface area contributed by atoms with Crippen LogP contribution in [0.1, 0.15) is 23.9 Å². The molecule has 1 aromatic heterocycles. The zero-order valence-corrected chi connectivity index (χ0v) is 15.7. The minimum atomic E-state index is -0.168. The molecule has 1 saturated heterocycles. The van der Waals surface area contributed by atoms with Crippen molar-refractivity contribution in [2.45, 2.75) is 25.0 Å². The molecule has 0 aliphatic carbocycles. The van der Waals surface area contributed by atoms with Crippen molar-refractivity contribution in [3.63, 3.8) is 0 Å². The number of nitrogens with one attached hydrogen (secondary N) is 2. The lowest BCUT2D eigenvalue weighted by molar-refractivity contribution is 0.236. The Balaban J connectivity index is 1.33. The molecule has 2 aromatic carbocycles. The molecule has 2 atom stereocenters. The molecule has 0 spiro atoms. The number of urea groups is 1. The number of carbonyl (C=O) groups is 1. The van der Waals surface area contributed by atoms with Crippen LogP contribution in [0.15, 0.2) is 65.2 Å². The van der Waals surface area contributed by atoms with Gasteiger partial charge in [0.1, 0.15) is 0 Å². The number of rotatable bonds is 5. The SMILES string of the molecule is CN1C[C@@H](NC(=O)NCc2ccccc2)C[C@H]1c1nc(-c2ccccc2)no1. The summed E-state index contributed by atoms with van der Waals surface area (Å²) in [7, 11) is 2.00. The number of hydrogen-bond acceptors (Lipinski definition) is 5. The highest BCUT2D eigenvalue weighted by Crippen LogP contribution is 2.30. The predicted molar refractivity (Wildman–Crippen MR) is 105 cm³/mol. The number of hydrogen-bond donors (Lipinski definition) is 2. The van der Waals surface area contributed by atoms with Gasteiger partial charge in [-0.15, -0.1) is 0 Å². The van der Waals surface area contributed by atoms with Crippen molar-refractivity contribution in [2.24, 2.45) is 0 Å². The molecule has 2 heterocycles. The third-order valence-corrected chi connectivity index (χ3v) is 4.94. The zero-order chi connectivity index (χ0) is 19.3. The highest BCUT2D eigenvalue weighted by Gasteiger charge is 2.35. The smallest absolute Gasteiger partial charge is 0.315 e. The Morgan fingerprint density at radius 1 is 1.14 bits per heavy atom. The van der Waals surface area contributed by atoms with Crippen LogP contribution in [0.4, 0.5) is 4.79 Å². The maximum Gasteiger partial charge on any atom is 0.315 e. The van der Waals surface area contributed by atoms with Crippen molar-refractivity contribution in [3.05, 3.63) is 72.1 Å². The van der Waals surface area contributed by atoms with Crippen LogP contribution in [-0.4, -0.2) is 40.7 Å². The number of likely N-dealkylation sites (tertiary alicyclic amines) is 1. The van der Waals surface area contributed by atoms with E-state index in [1.165, 1.54) is 0 Å². The van der Waals surface area contributed by atoms with E-state index in [2.05, 4.69) is 25.7 Å². The normalized spacial score (nSPS) is 19.5. The molecule has 7 heteroatoms. The Morgan fingerprint density at radius 3 is 2.61 bits per heavy atom. The fourth-order valence-electron chi connectivity index (χ4n) is 3.48. The molecule has 4 rings (SSSR count). The van der Waals surface area contributed by atoms with E-state index in [0.717, 1.165) is 24.1 Å². The van der Waals surface area contributed by atoms with Gasteiger partial charge in [0.05, 0.1) is 6.04 Å². The van der Waals surface area contributed by atoms with E-state index in [4.69, 9.17) is 4.52 Å². The summed E-state index contributed by atoms with van der Waals surface area (Å²) in [5, 5.41) is 10.0. The van der Waals surface area contributed by atoms with Gasteiger partial charge in [-0.1, -0.05) is 65.8 Å². The van der Waals surface area contributed by atoms with Gasteiger partial charge in [-0.05, 0) is 19.0 Å². The van der Waals surface area contributed by atoms with E-state index < -0.39 is 0 Å². The average molecular weight is 377 g/mol. The first-order valence-corrected chi connectivity index (χ1v) is 9.36. The molecule has 1 aliphatic rings. The van der Waals surface area contributed by atoms with Crippen molar-refractivity contribution in [1.82, 2.24) is 25.7 Å². The largest absolute Gasteiger partial charge is 0.337 e. The zero-order valence-electron chi connectivity index (χ0n) is 15.7. The second kappa shape index (κ2) is 8.22. The topological polar surface area (TPSA) is 83.3 Å². The first-order valence-electron chi connectivity index (χ1n) is 9.36. The van der Waals surface area contributed by atoms with E-state index in [-0.39, 0.29) is 18.1 Å². The lowest BCUT2D eigenvalue weighted by Crippen LogP contribution is -2.42. The molecular formula is C21H23N5O2. The van der Waals surface area contributed by atoms with Crippen LogP contribution in [0.2, 0.25) is 0 Å². The van der Waals surface area contributed by atoms with E-state index in [9.17, 15) is 4.79 Å². The first-order chi connectivity index (χ1) is 13.7. The van der Waals surface area contributed by atoms with Gasteiger partial charge in [-0.3, -0.25) is 4.90 Å². The average Bonchev–Trinajstić information content (AvgIpc) is 3.34. The second-order valence-electron chi connectivity index (χ2n) is 7.02. The van der Waals surface area contributed by atoms with Crippen LogP contribution in [-0.2, 0) is 6.54 Å². The van der Waals surface area contributed by atoms with Crippen LogP contribution in [0, 0.1) is 0 Å². The molecule has 144 valence electrons.